The van der Waals surface area contributed by atoms with Crippen molar-refractivity contribution in [2.24, 2.45) is 0 Å². The van der Waals surface area contributed by atoms with Gasteiger partial charge in [0.2, 0.25) is 0 Å². The molecule has 0 spiro atoms. The molecule has 0 radical (unpaired) electrons. The Labute approximate surface area is 181 Å². The number of hydrogen-bond donors (Lipinski definition) is 1. The molecular weight excluding hydrogens is 424 g/mol. The first kappa shape index (κ1) is 23.4. The summed E-state index contributed by atoms with van der Waals surface area (Å²) < 4.78 is 47.9. The van der Waals surface area contributed by atoms with Gasteiger partial charge in [-0.15, -0.1) is 0 Å². The molecule has 1 aliphatic heterocycles. The predicted molar refractivity (Wildman–Crippen MR) is 110 cm³/mol. The van der Waals surface area contributed by atoms with Crippen LogP contribution in [0.5, 0.6) is 0 Å². The third-order valence-corrected chi connectivity index (χ3v) is 6.21. The van der Waals surface area contributed by atoms with E-state index >= 15 is 0 Å². The summed E-state index contributed by atoms with van der Waals surface area (Å²) in [7, 11) is -4.25. The molecule has 0 bridgehead atoms. The third-order valence-electron chi connectivity index (χ3n) is 4.88. The lowest BCUT2D eigenvalue weighted by molar-refractivity contribution is -0.285. The summed E-state index contributed by atoms with van der Waals surface area (Å²) in [4.78, 5) is 11.5. The highest BCUT2D eigenvalue weighted by atomic mass is 32.2. The molecule has 9 heteroatoms. The Kier molecular flexibility index (Phi) is 7.45. The van der Waals surface area contributed by atoms with Gasteiger partial charge in [0.15, 0.2) is 12.4 Å². The lowest BCUT2D eigenvalue weighted by Crippen LogP contribution is -2.60. The normalized spacial score (nSPS) is 26.4. The van der Waals surface area contributed by atoms with Crippen LogP contribution in [-0.2, 0) is 39.9 Å². The zero-order valence-corrected chi connectivity index (χ0v) is 18.3. The van der Waals surface area contributed by atoms with Gasteiger partial charge < -0.3 is 19.3 Å². The van der Waals surface area contributed by atoms with Crippen molar-refractivity contribution in [3.8, 4) is 0 Å². The maximum Gasteiger partial charge on any atom is 0.303 e. The standard InChI is InChI=1S/C22H26O8S/c1-14-9-11-18(12-10-14)31(25,26)30-20-19(27-13-17-7-5-4-6-8-17)15(2)28-22(24)21(20)29-16(3)23/h4-12,15,19-22,24H,13H2,1-3H3/t15-,19+,20+,21-,22+/m1/s1. The maximum atomic E-state index is 12.9. The van der Waals surface area contributed by atoms with Gasteiger partial charge in [-0.05, 0) is 31.5 Å². The number of aliphatic hydroxyl groups excluding tert-OH is 1. The SMILES string of the molecule is CC(=O)O[C@@H]1[C@@H](OS(=O)(=O)c2ccc(C)cc2)[C@@H](OCc2ccccc2)[C@@H](C)O[C@@H]1O. The lowest BCUT2D eigenvalue weighted by atomic mass is 9.99. The average Bonchev–Trinajstić information content (AvgIpc) is 2.71. The first-order chi connectivity index (χ1) is 14.7. The topological polar surface area (TPSA) is 108 Å². The number of rotatable bonds is 7. The van der Waals surface area contributed by atoms with Crippen LogP contribution in [0.4, 0.5) is 0 Å². The molecule has 8 nitrogen and oxygen atoms in total. The predicted octanol–water partition coefficient (Wildman–Crippen LogP) is 2.32. The van der Waals surface area contributed by atoms with Gasteiger partial charge in [0.25, 0.3) is 10.1 Å². The summed E-state index contributed by atoms with van der Waals surface area (Å²) in [5.74, 6) is -0.717. The zero-order chi connectivity index (χ0) is 22.6. The van der Waals surface area contributed by atoms with Crippen LogP contribution in [0, 0.1) is 6.92 Å². The number of carbonyl (C=O) groups excluding carboxylic acids is 1. The van der Waals surface area contributed by atoms with Gasteiger partial charge >= 0.3 is 5.97 Å². The third kappa shape index (κ3) is 5.90. The fourth-order valence-corrected chi connectivity index (χ4v) is 4.41. The Hall–Kier alpha value is -2.30. The number of aryl methyl sites for hydroxylation is 1. The second-order valence-electron chi connectivity index (χ2n) is 7.40. The van der Waals surface area contributed by atoms with E-state index in [-0.39, 0.29) is 11.5 Å². The monoisotopic (exact) mass is 450 g/mol. The maximum absolute atomic E-state index is 12.9. The molecule has 1 aliphatic rings. The van der Waals surface area contributed by atoms with Crippen LogP contribution in [0.25, 0.3) is 0 Å². The van der Waals surface area contributed by atoms with Crippen molar-refractivity contribution in [3.63, 3.8) is 0 Å². The molecule has 0 amide bonds. The minimum atomic E-state index is -4.25. The average molecular weight is 451 g/mol. The Bertz CT molecular complexity index is 974. The number of carbonyl (C=O) groups is 1. The van der Waals surface area contributed by atoms with E-state index < -0.39 is 46.8 Å². The quantitative estimate of drug-likeness (QED) is 0.506. The van der Waals surface area contributed by atoms with Gasteiger partial charge in [0.05, 0.1) is 17.6 Å². The van der Waals surface area contributed by atoms with Gasteiger partial charge in [0.1, 0.15) is 12.2 Å². The molecule has 1 N–H and O–H groups in total. The lowest BCUT2D eigenvalue weighted by Gasteiger charge is -2.42. The Morgan fingerprint density at radius 3 is 2.29 bits per heavy atom. The van der Waals surface area contributed by atoms with Crippen LogP contribution in [0.2, 0.25) is 0 Å². The van der Waals surface area contributed by atoms with Gasteiger partial charge in [0, 0.05) is 6.92 Å². The van der Waals surface area contributed by atoms with Crippen molar-refractivity contribution in [2.45, 2.75) is 63.0 Å². The van der Waals surface area contributed by atoms with E-state index in [4.69, 9.17) is 18.4 Å². The molecule has 1 fully saturated rings. The van der Waals surface area contributed by atoms with E-state index in [9.17, 15) is 18.3 Å². The summed E-state index contributed by atoms with van der Waals surface area (Å²) >= 11 is 0. The Balaban J connectivity index is 1.90. The first-order valence-electron chi connectivity index (χ1n) is 9.83. The molecule has 0 unspecified atom stereocenters. The molecule has 1 saturated heterocycles. The van der Waals surface area contributed by atoms with Crippen LogP contribution < -0.4 is 0 Å². The highest BCUT2D eigenvalue weighted by Crippen LogP contribution is 2.30. The van der Waals surface area contributed by atoms with Crippen LogP contribution in [-0.4, -0.2) is 50.2 Å². The zero-order valence-electron chi connectivity index (χ0n) is 17.5. The van der Waals surface area contributed by atoms with Crippen molar-refractivity contribution < 1.29 is 36.7 Å². The molecule has 0 aromatic heterocycles. The number of aliphatic hydroxyl groups is 1. The van der Waals surface area contributed by atoms with Crippen LogP contribution in [0.1, 0.15) is 25.0 Å². The molecule has 3 rings (SSSR count). The van der Waals surface area contributed by atoms with E-state index in [1.807, 2.05) is 37.3 Å². The van der Waals surface area contributed by atoms with E-state index in [0.717, 1.165) is 18.1 Å². The van der Waals surface area contributed by atoms with Crippen molar-refractivity contribution in [2.75, 3.05) is 0 Å². The highest BCUT2D eigenvalue weighted by molar-refractivity contribution is 7.86. The molecule has 2 aromatic carbocycles. The van der Waals surface area contributed by atoms with E-state index in [1.54, 1.807) is 19.1 Å². The second-order valence-corrected chi connectivity index (χ2v) is 8.97. The van der Waals surface area contributed by atoms with E-state index in [0.29, 0.717) is 0 Å². The summed E-state index contributed by atoms with van der Waals surface area (Å²) in [5.41, 5.74) is 1.74. The Morgan fingerprint density at radius 2 is 1.68 bits per heavy atom. The molecule has 31 heavy (non-hydrogen) atoms. The van der Waals surface area contributed by atoms with Gasteiger partial charge in [-0.2, -0.15) is 8.42 Å². The summed E-state index contributed by atoms with van der Waals surface area (Å²) in [6.07, 6.45) is -5.96. The molecular formula is C22H26O8S. The molecule has 2 aromatic rings. The minimum Gasteiger partial charge on any atom is -0.454 e. The summed E-state index contributed by atoms with van der Waals surface area (Å²) in [5, 5.41) is 10.3. The van der Waals surface area contributed by atoms with Crippen molar-refractivity contribution in [1.82, 2.24) is 0 Å². The highest BCUT2D eigenvalue weighted by Gasteiger charge is 2.49. The molecule has 168 valence electrons. The van der Waals surface area contributed by atoms with Gasteiger partial charge in [-0.25, -0.2) is 0 Å². The first-order valence-corrected chi connectivity index (χ1v) is 11.2. The number of benzene rings is 2. The number of esters is 1. The van der Waals surface area contributed by atoms with Gasteiger partial charge in [-0.1, -0.05) is 48.0 Å². The largest absolute Gasteiger partial charge is 0.454 e. The second kappa shape index (κ2) is 9.88. The fraction of sp³-hybridized carbons (Fsp3) is 0.409. The van der Waals surface area contributed by atoms with E-state index in [1.165, 1.54) is 12.1 Å². The van der Waals surface area contributed by atoms with Crippen LogP contribution in [0.3, 0.4) is 0 Å². The summed E-state index contributed by atoms with van der Waals surface area (Å²) in [6, 6.07) is 15.4. The fourth-order valence-electron chi connectivity index (χ4n) is 3.32. The smallest absolute Gasteiger partial charge is 0.303 e. The molecule has 1 heterocycles. The van der Waals surface area contributed by atoms with Crippen molar-refractivity contribution >= 4 is 16.1 Å². The number of ether oxygens (including phenoxy) is 3. The van der Waals surface area contributed by atoms with Crippen molar-refractivity contribution in [3.05, 3.63) is 65.7 Å². The number of hydrogen-bond acceptors (Lipinski definition) is 8. The van der Waals surface area contributed by atoms with Gasteiger partial charge in [-0.3, -0.25) is 8.98 Å². The molecule has 0 saturated carbocycles. The van der Waals surface area contributed by atoms with E-state index in [2.05, 4.69) is 0 Å². The molecule has 0 aliphatic carbocycles. The van der Waals surface area contributed by atoms with Crippen LogP contribution in [0.15, 0.2) is 59.5 Å². The summed E-state index contributed by atoms with van der Waals surface area (Å²) in [6.45, 7) is 4.75. The van der Waals surface area contributed by atoms with Crippen molar-refractivity contribution in [1.29, 1.82) is 0 Å². The molecule has 5 atom stereocenters. The Morgan fingerprint density at radius 1 is 1.03 bits per heavy atom. The minimum absolute atomic E-state index is 0.0601. The van der Waals surface area contributed by atoms with Crippen LogP contribution >= 0.6 is 0 Å².